The standard InChI is InChI=1S/C9H21N2O7P/c1-3-10-18-9(12)7-11(13,5-6-17-4-2)8-19(14,15)16/h10H,3-8H2,1-2H3,(H2,14,15,16). The Morgan fingerprint density at radius 2 is 2.05 bits per heavy atom. The van der Waals surface area contributed by atoms with Crippen LogP contribution in [-0.2, 0) is 18.9 Å². The van der Waals surface area contributed by atoms with Crippen molar-refractivity contribution in [2.24, 2.45) is 0 Å². The topological polar surface area (TPSA) is 128 Å². The number of rotatable bonds is 10. The number of carbonyl (C=O) groups is 1. The van der Waals surface area contributed by atoms with Gasteiger partial charge in [-0.05, 0) is 13.8 Å². The molecule has 0 bridgehead atoms. The first kappa shape index (κ1) is 18.5. The molecule has 0 heterocycles. The van der Waals surface area contributed by atoms with Gasteiger partial charge in [-0.25, -0.2) is 4.79 Å². The van der Waals surface area contributed by atoms with Crippen LogP contribution in [0.15, 0.2) is 0 Å². The predicted molar refractivity (Wildman–Crippen MR) is 66.5 cm³/mol. The van der Waals surface area contributed by atoms with Crippen molar-refractivity contribution in [3.05, 3.63) is 5.21 Å². The van der Waals surface area contributed by atoms with Crippen LogP contribution >= 0.6 is 7.60 Å². The summed E-state index contributed by atoms with van der Waals surface area (Å²) < 4.78 is 14.5. The van der Waals surface area contributed by atoms with Crippen molar-refractivity contribution in [2.75, 3.05) is 39.1 Å². The maximum atomic E-state index is 12.2. The van der Waals surface area contributed by atoms with Gasteiger partial charge in [0.15, 0.2) is 12.8 Å². The van der Waals surface area contributed by atoms with Gasteiger partial charge in [0.2, 0.25) is 0 Å². The minimum absolute atomic E-state index is 0.00842. The minimum atomic E-state index is -4.54. The van der Waals surface area contributed by atoms with Crippen LogP contribution in [0, 0.1) is 5.21 Å². The zero-order valence-electron chi connectivity index (χ0n) is 11.1. The van der Waals surface area contributed by atoms with Crippen molar-refractivity contribution in [2.45, 2.75) is 13.8 Å². The molecule has 0 aromatic rings. The van der Waals surface area contributed by atoms with E-state index in [0.717, 1.165) is 0 Å². The maximum absolute atomic E-state index is 12.2. The molecular formula is C9H21N2O7P. The van der Waals surface area contributed by atoms with Crippen LogP contribution in [0.4, 0.5) is 0 Å². The number of hydrogen-bond acceptors (Lipinski definition) is 6. The molecule has 114 valence electrons. The molecule has 1 unspecified atom stereocenters. The Morgan fingerprint density at radius 1 is 1.42 bits per heavy atom. The van der Waals surface area contributed by atoms with Crippen molar-refractivity contribution in [3.63, 3.8) is 0 Å². The molecule has 10 heteroatoms. The number of carbonyl (C=O) groups excluding carboxylic acids is 1. The quantitative estimate of drug-likeness (QED) is 0.214. The van der Waals surface area contributed by atoms with E-state index in [1.54, 1.807) is 13.8 Å². The van der Waals surface area contributed by atoms with Crippen LogP contribution in [0.3, 0.4) is 0 Å². The number of nitrogens with one attached hydrogen (secondary N) is 1. The second-order valence-electron chi connectivity index (χ2n) is 3.91. The van der Waals surface area contributed by atoms with Gasteiger partial charge in [-0.1, -0.05) is 0 Å². The van der Waals surface area contributed by atoms with E-state index in [1.807, 2.05) is 0 Å². The molecule has 0 saturated heterocycles. The zero-order chi connectivity index (χ0) is 14.9. The van der Waals surface area contributed by atoms with Gasteiger partial charge < -0.3 is 29.2 Å². The first-order valence-corrected chi connectivity index (χ1v) is 7.64. The summed E-state index contributed by atoms with van der Waals surface area (Å²) >= 11 is 0. The Kier molecular flexibility index (Phi) is 8.35. The first-order chi connectivity index (χ1) is 8.72. The number of quaternary nitrogens is 1. The Bertz CT molecular complexity index is 322. The summed E-state index contributed by atoms with van der Waals surface area (Å²) in [5.41, 5.74) is 2.28. The Hall–Kier alpha value is -0.540. The average molecular weight is 300 g/mol. The predicted octanol–water partition coefficient (Wildman–Crippen LogP) is -0.460. The van der Waals surface area contributed by atoms with Crippen LogP contribution < -0.4 is 5.48 Å². The smallest absolute Gasteiger partial charge is 0.380 e. The van der Waals surface area contributed by atoms with Crippen molar-refractivity contribution in [1.82, 2.24) is 5.48 Å². The lowest BCUT2D eigenvalue weighted by atomic mass is 10.5. The molecule has 0 spiro atoms. The maximum Gasteiger partial charge on any atom is 0.380 e. The van der Waals surface area contributed by atoms with E-state index in [9.17, 15) is 14.6 Å². The minimum Gasteiger partial charge on any atom is -0.632 e. The molecule has 0 aliphatic carbocycles. The number of ether oxygens (including phenoxy) is 1. The third-order valence-electron chi connectivity index (χ3n) is 2.04. The molecule has 19 heavy (non-hydrogen) atoms. The first-order valence-electron chi connectivity index (χ1n) is 5.84. The molecule has 0 radical (unpaired) electrons. The van der Waals surface area contributed by atoms with E-state index < -0.39 is 31.0 Å². The largest absolute Gasteiger partial charge is 0.632 e. The molecule has 0 amide bonds. The summed E-state index contributed by atoms with van der Waals surface area (Å²) in [5, 5.41) is 12.2. The zero-order valence-corrected chi connectivity index (χ0v) is 12.0. The summed E-state index contributed by atoms with van der Waals surface area (Å²) in [5.74, 6) is -0.873. The Labute approximate surface area is 111 Å². The molecule has 0 rings (SSSR count). The normalized spacial score (nSPS) is 15.0. The van der Waals surface area contributed by atoms with E-state index in [2.05, 4.69) is 10.3 Å². The highest BCUT2D eigenvalue weighted by Crippen LogP contribution is 2.37. The van der Waals surface area contributed by atoms with Gasteiger partial charge in [0, 0.05) is 13.2 Å². The van der Waals surface area contributed by atoms with Gasteiger partial charge in [-0.2, -0.15) is 5.48 Å². The Balaban J connectivity index is 4.55. The second-order valence-corrected chi connectivity index (χ2v) is 5.53. The summed E-state index contributed by atoms with van der Waals surface area (Å²) in [6, 6.07) is 0. The highest BCUT2D eigenvalue weighted by molar-refractivity contribution is 7.51. The Morgan fingerprint density at radius 3 is 2.53 bits per heavy atom. The summed E-state index contributed by atoms with van der Waals surface area (Å²) in [7, 11) is -4.54. The fourth-order valence-corrected chi connectivity index (χ4v) is 2.24. The van der Waals surface area contributed by atoms with E-state index in [1.165, 1.54) is 0 Å². The van der Waals surface area contributed by atoms with Crippen LogP contribution in [0.25, 0.3) is 0 Å². The summed E-state index contributed by atoms with van der Waals surface area (Å²) in [6.07, 6.45) is -0.985. The van der Waals surface area contributed by atoms with Crippen LogP contribution in [0.1, 0.15) is 13.8 Å². The third-order valence-corrected chi connectivity index (χ3v) is 2.92. The van der Waals surface area contributed by atoms with Crippen molar-refractivity contribution < 1.29 is 33.4 Å². The van der Waals surface area contributed by atoms with Gasteiger partial charge in [-0.3, -0.25) is 4.57 Å². The highest BCUT2D eigenvalue weighted by atomic mass is 31.2. The van der Waals surface area contributed by atoms with E-state index in [0.29, 0.717) is 13.2 Å². The monoisotopic (exact) mass is 300 g/mol. The highest BCUT2D eigenvalue weighted by Gasteiger charge is 2.31. The van der Waals surface area contributed by atoms with E-state index >= 15 is 0 Å². The van der Waals surface area contributed by atoms with Gasteiger partial charge in [0.1, 0.15) is 6.54 Å². The van der Waals surface area contributed by atoms with Crippen molar-refractivity contribution in [1.29, 1.82) is 0 Å². The van der Waals surface area contributed by atoms with E-state index in [4.69, 9.17) is 14.5 Å². The fourth-order valence-electron chi connectivity index (χ4n) is 1.33. The van der Waals surface area contributed by atoms with Gasteiger partial charge in [-0.15, -0.1) is 0 Å². The fraction of sp³-hybridized carbons (Fsp3) is 0.889. The van der Waals surface area contributed by atoms with Gasteiger partial charge >= 0.3 is 13.6 Å². The van der Waals surface area contributed by atoms with Crippen LogP contribution in [0.2, 0.25) is 0 Å². The van der Waals surface area contributed by atoms with E-state index in [-0.39, 0.29) is 13.2 Å². The molecule has 0 saturated carbocycles. The molecule has 0 aliphatic heterocycles. The summed E-state index contributed by atoms with van der Waals surface area (Å²) in [6.45, 7) is 3.23. The third kappa shape index (κ3) is 9.97. The van der Waals surface area contributed by atoms with Crippen LogP contribution in [0.5, 0.6) is 0 Å². The SMILES string of the molecule is CCNOC(=O)C[N+]([O-])(CCOCC)CP(=O)(O)O. The molecule has 0 fully saturated rings. The molecule has 1 atom stereocenters. The molecule has 0 aromatic heterocycles. The molecule has 3 N–H and O–H groups in total. The number of hydroxylamine groups is 4. The van der Waals surface area contributed by atoms with Gasteiger partial charge in [0.05, 0.1) is 6.61 Å². The lowest BCUT2D eigenvalue weighted by molar-refractivity contribution is -0.863. The van der Waals surface area contributed by atoms with Crippen LogP contribution in [-0.4, -0.2) is 59.5 Å². The average Bonchev–Trinajstić information content (AvgIpc) is 2.23. The number of nitrogens with zero attached hydrogens (tertiary/aromatic N) is 1. The lowest BCUT2D eigenvalue weighted by Crippen LogP contribution is -2.49. The second kappa shape index (κ2) is 8.60. The summed E-state index contributed by atoms with van der Waals surface area (Å²) in [4.78, 5) is 33.6. The van der Waals surface area contributed by atoms with Gasteiger partial charge in [0.25, 0.3) is 0 Å². The number of hydrogen-bond donors (Lipinski definition) is 3. The van der Waals surface area contributed by atoms with Crippen molar-refractivity contribution >= 4 is 13.6 Å². The molecular weight excluding hydrogens is 279 g/mol. The molecule has 0 aliphatic rings. The lowest BCUT2D eigenvalue weighted by Gasteiger charge is -2.41. The molecule has 0 aromatic carbocycles. The molecule has 9 nitrogen and oxygen atoms in total. The van der Waals surface area contributed by atoms with Crippen molar-refractivity contribution in [3.8, 4) is 0 Å².